The molecule has 0 unspecified atom stereocenters. The van der Waals surface area contributed by atoms with E-state index in [0.29, 0.717) is 19.6 Å². The molecule has 0 aliphatic rings. The maximum Gasteiger partial charge on any atom is 0.340 e. The fourth-order valence-electron chi connectivity index (χ4n) is 1.59. The van der Waals surface area contributed by atoms with E-state index in [2.05, 4.69) is 5.10 Å². The first-order valence-corrected chi connectivity index (χ1v) is 6.18. The molecule has 1 aromatic carbocycles. The van der Waals surface area contributed by atoms with E-state index in [-0.39, 0.29) is 10.7 Å². The summed E-state index contributed by atoms with van der Waals surface area (Å²) in [6, 6.07) is 9.48. The maximum atomic E-state index is 10.8. The fourth-order valence-corrected chi connectivity index (χ4v) is 1.85. The highest BCUT2D eigenvalue weighted by molar-refractivity contribution is 6.32. The van der Waals surface area contributed by atoms with Crippen molar-refractivity contribution >= 4 is 17.6 Å². The molecule has 0 saturated carbocycles. The second-order valence-corrected chi connectivity index (χ2v) is 4.25. The maximum absolute atomic E-state index is 10.8. The number of aromatic nitrogens is 2. The molecule has 0 amide bonds. The smallest absolute Gasteiger partial charge is 0.340 e. The quantitative estimate of drug-likeness (QED) is 0.826. The number of carboxylic acid groups (broad SMARTS) is 1. The third kappa shape index (κ3) is 3.48. The van der Waals surface area contributed by atoms with Crippen molar-refractivity contribution < 1.29 is 14.6 Å². The van der Waals surface area contributed by atoms with Crippen LogP contribution in [0.4, 0.5) is 0 Å². The van der Waals surface area contributed by atoms with Gasteiger partial charge in [0.05, 0.1) is 12.8 Å². The Morgan fingerprint density at radius 1 is 1.37 bits per heavy atom. The summed E-state index contributed by atoms with van der Waals surface area (Å²) in [5, 5.41) is 12.9. The highest BCUT2D eigenvalue weighted by Gasteiger charge is 2.14. The Morgan fingerprint density at radius 2 is 2.11 bits per heavy atom. The van der Waals surface area contributed by atoms with Crippen LogP contribution in [-0.4, -0.2) is 27.5 Å². The molecular formula is C13H13ClN2O3. The number of hydrogen-bond donors (Lipinski definition) is 1. The summed E-state index contributed by atoms with van der Waals surface area (Å²) in [4.78, 5) is 10.8. The first-order chi connectivity index (χ1) is 9.18. The molecule has 6 heteroatoms. The van der Waals surface area contributed by atoms with Crippen LogP contribution in [0, 0.1) is 0 Å². The fraction of sp³-hybridized carbons (Fsp3) is 0.231. The number of aryl methyl sites for hydroxylation is 1. The number of halogens is 1. The van der Waals surface area contributed by atoms with Gasteiger partial charge in [-0.05, 0) is 12.1 Å². The molecule has 0 spiro atoms. The van der Waals surface area contributed by atoms with Crippen molar-refractivity contribution in [1.82, 2.24) is 9.78 Å². The van der Waals surface area contributed by atoms with Gasteiger partial charge in [0.25, 0.3) is 0 Å². The predicted octanol–water partition coefficient (Wildman–Crippen LogP) is 2.70. The SMILES string of the molecule is O=C(O)c1cnn(CCCOc2ccccc2)c1Cl. The second kappa shape index (κ2) is 6.24. The van der Waals surface area contributed by atoms with E-state index in [1.807, 2.05) is 30.3 Å². The van der Waals surface area contributed by atoms with Crippen LogP contribution >= 0.6 is 11.6 Å². The van der Waals surface area contributed by atoms with Gasteiger partial charge in [-0.15, -0.1) is 0 Å². The van der Waals surface area contributed by atoms with Crippen LogP contribution in [0.5, 0.6) is 5.75 Å². The van der Waals surface area contributed by atoms with Gasteiger partial charge in [-0.25, -0.2) is 4.79 Å². The Kier molecular flexibility index (Phi) is 4.41. The lowest BCUT2D eigenvalue weighted by molar-refractivity contribution is 0.0697. The van der Waals surface area contributed by atoms with Gasteiger partial charge in [-0.1, -0.05) is 29.8 Å². The summed E-state index contributed by atoms with van der Waals surface area (Å²) in [5.74, 6) is -0.267. The number of hydrogen-bond acceptors (Lipinski definition) is 3. The zero-order valence-electron chi connectivity index (χ0n) is 10.1. The summed E-state index contributed by atoms with van der Waals surface area (Å²) in [6.07, 6.45) is 1.94. The van der Waals surface area contributed by atoms with Crippen LogP contribution in [-0.2, 0) is 6.54 Å². The van der Waals surface area contributed by atoms with Gasteiger partial charge in [0, 0.05) is 13.0 Å². The monoisotopic (exact) mass is 280 g/mol. The van der Waals surface area contributed by atoms with Gasteiger partial charge in [0.15, 0.2) is 0 Å². The van der Waals surface area contributed by atoms with Crippen molar-refractivity contribution in [3.8, 4) is 5.75 Å². The molecule has 0 saturated heterocycles. The molecule has 2 rings (SSSR count). The lowest BCUT2D eigenvalue weighted by Gasteiger charge is -2.06. The number of benzene rings is 1. The Hall–Kier alpha value is -2.01. The largest absolute Gasteiger partial charge is 0.494 e. The molecule has 1 heterocycles. The first-order valence-electron chi connectivity index (χ1n) is 5.81. The van der Waals surface area contributed by atoms with Crippen LogP contribution in [0.2, 0.25) is 5.15 Å². The van der Waals surface area contributed by atoms with Crippen molar-refractivity contribution in [2.75, 3.05) is 6.61 Å². The van der Waals surface area contributed by atoms with E-state index in [1.54, 1.807) is 0 Å². The van der Waals surface area contributed by atoms with Crippen molar-refractivity contribution in [2.24, 2.45) is 0 Å². The third-order valence-corrected chi connectivity index (χ3v) is 2.93. The van der Waals surface area contributed by atoms with Crippen molar-refractivity contribution in [3.05, 3.63) is 47.2 Å². The van der Waals surface area contributed by atoms with Gasteiger partial charge in [0.1, 0.15) is 16.5 Å². The third-order valence-electron chi connectivity index (χ3n) is 2.53. The molecule has 0 fully saturated rings. The average Bonchev–Trinajstić information content (AvgIpc) is 2.77. The molecule has 5 nitrogen and oxygen atoms in total. The van der Waals surface area contributed by atoms with Gasteiger partial charge < -0.3 is 9.84 Å². The Balaban J connectivity index is 1.82. The van der Waals surface area contributed by atoms with Crippen LogP contribution in [0.3, 0.4) is 0 Å². The standard InChI is InChI=1S/C13H13ClN2O3/c14-12-11(13(17)18)9-15-16(12)7-4-8-19-10-5-2-1-3-6-10/h1-3,5-6,9H,4,7-8H2,(H,17,18). The molecule has 1 N–H and O–H groups in total. The van der Waals surface area contributed by atoms with Gasteiger partial charge in [-0.3, -0.25) is 4.68 Å². The summed E-state index contributed by atoms with van der Waals surface area (Å²) >= 11 is 5.89. The number of nitrogens with zero attached hydrogens (tertiary/aromatic N) is 2. The van der Waals surface area contributed by atoms with Crippen LogP contribution in [0.15, 0.2) is 36.5 Å². The van der Waals surface area contributed by atoms with Crippen LogP contribution in [0.25, 0.3) is 0 Å². The molecule has 2 aromatic rings. The van der Waals surface area contributed by atoms with Crippen molar-refractivity contribution in [3.63, 3.8) is 0 Å². The number of aromatic carboxylic acids is 1. The predicted molar refractivity (Wildman–Crippen MR) is 70.8 cm³/mol. The Labute approximate surface area is 115 Å². The molecule has 0 aliphatic carbocycles. The minimum absolute atomic E-state index is 0.0191. The Morgan fingerprint density at radius 3 is 2.74 bits per heavy atom. The normalized spacial score (nSPS) is 10.4. The second-order valence-electron chi connectivity index (χ2n) is 3.89. The molecular weight excluding hydrogens is 268 g/mol. The van der Waals surface area contributed by atoms with Gasteiger partial charge in [0.2, 0.25) is 0 Å². The summed E-state index contributed by atoms with van der Waals surface area (Å²) in [7, 11) is 0. The molecule has 0 radical (unpaired) electrons. The van der Waals surface area contributed by atoms with E-state index in [0.717, 1.165) is 5.75 Å². The minimum Gasteiger partial charge on any atom is -0.494 e. The van der Waals surface area contributed by atoms with Gasteiger partial charge in [-0.2, -0.15) is 5.10 Å². The highest BCUT2D eigenvalue weighted by atomic mass is 35.5. The summed E-state index contributed by atoms with van der Waals surface area (Å²) in [5.41, 5.74) is 0.0191. The molecule has 0 aliphatic heterocycles. The van der Waals surface area contributed by atoms with E-state index in [9.17, 15) is 4.79 Å². The lowest BCUT2D eigenvalue weighted by atomic mass is 10.3. The zero-order valence-corrected chi connectivity index (χ0v) is 10.9. The molecule has 0 atom stereocenters. The number of ether oxygens (including phenoxy) is 1. The van der Waals surface area contributed by atoms with E-state index in [1.165, 1.54) is 10.9 Å². The Bertz CT molecular complexity index is 554. The summed E-state index contributed by atoms with van der Waals surface area (Å²) in [6.45, 7) is 1.03. The highest BCUT2D eigenvalue weighted by Crippen LogP contribution is 2.15. The minimum atomic E-state index is -1.07. The summed E-state index contributed by atoms with van der Waals surface area (Å²) < 4.78 is 6.98. The number of rotatable bonds is 6. The lowest BCUT2D eigenvalue weighted by Crippen LogP contribution is -2.06. The molecule has 19 heavy (non-hydrogen) atoms. The molecule has 0 bridgehead atoms. The average molecular weight is 281 g/mol. The van der Waals surface area contributed by atoms with E-state index < -0.39 is 5.97 Å². The van der Waals surface area contributed by atoms with Crippen molar-refractivity contribution in [2.45, 2.75) is 13.0 Å². The molecule has 100 valence electrons. The topological polar surface area (TPSA) is 64.3 Å². The van der Waals surface area contributed by atoms with Gasteiger partial charge >= 0.3 is 5.97 Å². The van der Waals surface area contributed by atoms with Crippen LogP contribution in [0.1, 0.15) is 16.8 Å². The number of carbonyl (C=O) groups is 1. The first kappa shape index (κ1) is 13.4. The number of carboxylic acids is 1. The van der Waals surface area contributed by atoms with Crippen LogP contribution < -0.4 is 4.74 Å². The van der Waals surface area contributed by atoms with Crippen molar-refractivity contribution in [1.29, 1.82) is 0 Å². The van der Waals surface area contributed by atoms with E-state index in [4.69, 9.17) is 21.4 Å². The van der Waals surface area contributed by atoms with E-state index >= 15 is 0 Å². The zero-order chi connectivity index (χ0) is 13.7. The molecule has 1 aromatic heterocycles. The number of para-hydroxylation sites is 1.